The highest BCUT2D eigenvalue weighted by atomic mass is 16.7. The molecule has 0 spiro atoms. The van der Waals surface area contributed by atoms with E-state index in [2.05, 4.69) is 6.58 Å². The minimum Gasteiger partial charge on any atom is -0.429 e. The van der Waals surface area contributed by atoms with Crippen LogP contribution in [-0.2, 0) is 18.9 Å². The lowest BCUT2D eigenvalue weighted by atomic mass is 10.1. The van der Waals surface area contributed by atoms with E-state index in [-0.39, 0.29) is 0 Å². The van der Waals surface area contributed by atoms with Crippen molar-refractivity contribution in [1.29, 1.82) is 0 Å². The molecule has 0 rings (SSSR count). The third-order valence-electron chi connectivity index (χ3n) is 2.92. The molecule has 0 radical (unpaired) electrons. The molecule has 0 aromatic rings. The maximum absolute atomic E-state index is 11.8. The van der Waals surface area contributed by atoms with E-state index in [9.17, 15) is 9.59 Å². The van der Waals surface area contributed by atoms with Crippen LogP contribution in [0.2, 0.25) is 0 Å². The standard InChI is InChI=1S/C20H34O6/c1-9-12-16(24-18(22)26-20(6,7)8)14-11-13-15(10-2)23-17(21)25-19(3,4)5/h9-10,12,15-16H,2,11,13-14H2,1,3-8H3/b12-9-. The van der Waals surface area contributed by atoms with Gasteiger partial charge in [0.05, 0.1) is 0 Å². The molecule has 0 aliphatic carbocycles. The summed E-state index contributed by atoms with van der Waals surface area (Å²) in [5.74, 6) is 0. The van der Waals surface area contributed by atoms with Crippen molar-refractivity contribution in [2.24, 2.45) is 0 Å². The molecule has 26 heavy (non-hydrogen) atoms. The fourth-order valence-corrected chi connectivity index (χ4v) is 1.95. The van der Waals surface area contributed by atoms with Crippen molar-refractivity contribution in [2.45, 2.75) is 91.1 Å². The summed E-state index contributed by atoms with van der Waals surface area (Å²) in [6.45, 7) is 16.2. The normalized spacial score (nSPS) is 14.4. The smallest absolute Gasteiger partial charge is 0.429 e. The average Bonchev–Trinajstić information content (AvgIpc) is 2.42. The Kier molecular flexibility index (Phi) is 10.1. The number of carbonyl (C=O) groups excluding carboxylic acids is 2. The first-order chi connectivity index (χ1) is 11.9. The van der Waals surface area contributed by atoms with Gasteiger partial charge in [-0.05, 0) is 73.8 Å². The molecule has 6 nitrogen and oxygen atoms in total. The summed E-state index contributed by atoms with van der Waals surface area (Å²) in [5.41, 5.74) is -1.21. The second-order valence-electron chi connectivity index (χ2n) is 7.93. The zero-order valence-electron chi connectivity index (χ0n) is 17.2. The molecule has 0 N–H and O–H groups in total. The Morgan fingerprint density at radius 2 is 1.31 bits per heavy atom. The molecular weight excluding hydrogens is 336 g/mol. The maximum atomic E-state index is 11.8. The van der Waals surface area contributed by atoms with E-state index >= 15 is 0 Å². The third-order valence-corrected chi connectivity index (χ3v) is 2.92. The maximum Gasteiger partial charge on any atom is 0.509 e. The first-order valence-electron chi connectivity index (χ1n) is 8.91. The molecule has 0 saturated carbocycles. The molecule has 0 aromatic heterocycles. The molecule has 150 valence electrons. The molecule has 0 bridgehead atoms. The number of allylic oxidation sites excluding steroid dienone is 1. The van der Waals surface area contributed by atoms with Crippen molar-refractivity contribution in [1.82, 2.24) is 0 Å². The first-order valence-corrected chi connectivity index (χ1v) is 8.91. The summed E-state index contributed by atoms with van der Waals surface area (Å²) in [6, 6.07) is 0. The van der Waals surface area contributed by atoms with E-state index in [0.717, 1.165) is 0 Å². The highest BCUT2D eigenvalue weighted by Gasteiger charge is 2.22. The van der Waals surface area contributed by atoms with Gasteiger partial charge in [0.1, 0.15) is 23.4 Å². The molecule has 0 amide bonds. The van der Waals surface area contributed by atoms with Crippen LogP contribution in [0.3, 0.4) is 0 Å². The number of hydrogen-bond acceptors (Lipinski definition) is 6. The van der Waals surface area contributed by atoms with Gasteiger partial charge in [-0.3, -0.25) is 0 Å². The molecular formula is C20H34O6. The number of ether oxygens (including phenoxy) is 4. The monoisotopic (exact) mass is 370 g/mol. The Bertz CT molecular complexity index is 482. The van der Waals surface area contributed by atoms with Crippen LogP contribution in [0.15, 0.2) is 24.8 Å². The predicted molar refractivity (Wildman–Crippen MR) is 101 cm³/mol. The van der Waals surface area contributed by atoms with Crippen LogP contribution in [0.1, 0.15) is 67.7 Å². The minimum absolute atomic E-state index is 0.401. The van der Waals surface area contributed by atoms with E-state index in [1.165, 1.54) is 0 Å². The van der Waals surface area contributed by atoms with Crippen molar-refractivity contribution in [3.05, 3.63) is 24.8 Å². The Labute approximate surface area is 157 Å². The van der Waals surface area contributed by atoms with Gasteiger partial charge in [0.15, 0.2) is 0 Å². The molecule has 2 unspecified atom stereocenters. The summed E-state index contributed by atoms with van der Waals surface area (Å²) < 4.78 is 20.9. The van der Waals surface area contributed by atoms with Crippen LogP contribution in [0.4, 0.5) is 9.59 Å². The molecule has 0 aromatic carbocycles. The summed E-state index contributed by atoms with van der Waals surface area (Å²) in [7, 11) is 0. The fourth-order valence-electron chi connectivity index (χ4n) is 1.95. The second-order valence-corrected chi connectivity index (χ2v) is 7.93. The van der Waals surface area contributed by atoms with Crippen LogP contribution < -0.4 is 0 Å². The van der Waals surface area contributed by atoms with Gasteiger partial charge in [-0.1, -0.05) is 18.7 Å². The van der Waals surface area contributed by atoms with Gasteiger partial charge in [-0.15, -0.1) is 0 Å². The third kappa shape index (κ3) is 13.3. The van der Waals surface area contributed by atoms with Gasteiger partial charge >= 0.3 is 12.3 Å². The summed E-state index contributed by atoms with van der Waals surface area (Å²) in [4.78, 5) is 23.5. The number of carbonyl (C=O) groups is 2. The van der Waals surface area contributed by atoms with Crippen LogP contribution in [-0.4, -0.2) is 35.7 Å². The molecule has 6 heteroatoms. The highest BCUT2D eigenvalue weighted by Crippen LogP contribution is 2.16. The van der Waals surface area contributed by atoms with Crippen molar-refractivity contribution >= 4 is 12.3 Å². The highest BCUT2D eigenvalue weighted by molar-refractivity contribution is 5.61. The van der Waals surface area contributed by atoms with Crippen molar-refractivity contribution in [3.8, 4) is 0 Å². The molecule has 0 heterocycles. The van der Waals surface area contributed by atoms with E-state index in [4.69, 9.17) is 18.9 Å². The number of hydrogen-bond donors (Lipinski definition) is 0. The Morgan fingerprint density at radius 3 is 1.69 bits per heavy atom. The zero-order valence-corrected chi connectivity index (χ0v) is 17.2. The van der Waals surface area contributed by atoms with E-state index < -0.39 is 35.7 Å². The van der Waals surface area contributed by atoms with Gasteiger partial charge in [0.2, 0.25) is 0 Å². The lowest BCUT2D eigenvalue weighted by Crippen LogP contribution is -2.28. The quantitative estimate of drug-likeness (QED) is 0.411. The van der Waals surface area contributed by atoms with Crippen LogP contribution in [0, 0.1) is 0 Å². The second kappa shape index (κ2) is 10.9. The van der Waals surface area contributed by atoms with Gasteiger partial charge in [0, 0.05) is 0 Å². The molecule has 0 aliphatic rings. The van der Waals surface area contributed by atoms with Gasteiger partial charge in [0.25, 0.3) is 0 Å². The zero-order chi connectivity index (χ0) is 20.4. The Morgan fingerprint density at radius 1 is 0.885 bits per heavy atom. The summed E-state index contributed by atoms with van der Waals surface area (Å²) >= 11 is 0. The molecule has 0 fully saturated rings. The van der Waals surface area contributed by atoms with E-state index in [1.54, 1.807) is 53.7 Å². The first kappa shape index (κ1) is 24.0. The number of rotatable bonds is 8. The minimum atomic E-state index is -0.725. The largest absolute Gasteiger partial charge is 0.509 e. The van der Waals surface area contributed by atoms with Crippen LogP contribution in [0.5, 0.6) is 0 Å². The van der Waals surface area contributed by atoms with E-state index in [1.807, 2.05) is 13.0 Å². The van der Waals surface area contributed by atoms with Gasteiger partial charge < -0.3 is 18.9 Å². The summed E-state index contributed by atoms with van der Waals surface area (Å²) in [6.07, 6.45) is 4.67. The van der Waals surface area contributed by atoms with E-state index in [0.29, 0.717) is 19.3 Å². The molecule has 0 saturated heterocycles. The van der Waals surface area contributed by atoms with Gasteiger partial charge in [-0.2, -0.15) is 0 Å². The summed E-state index contributed by atoms with van der Waals surface area (Å²) in [5, 5.41) is 0. The molecule has 2 atom stereocenters. The average molecular weight is 370 g/mol. The SMILES string of the molecule is C=CC(CCCC(/C=C\C)OC(=O)OC(C)(C)C)OC(=O)OC(C)(C)C. The predicted octanol–water partition coefficient (Wildman–Crippen LogP) is 5.56. The topological polar surface area (TPSA) is 71.1 Å². The van der Waals surface area contributed by atoms with Crippen molar-refractivity contribution in [3.63, 3.8) is 0 Å². The Balaban J connectivity index is 4.44. The Hall–Kier alpha value is -1.98. The van der Waals surface area contributed by atoms with Gasteiger partial charge in [-0.25, -0.2) is 9.59 Å². The van der Waals surface area contributed by atoms with Crippen LogP contribution in [0.25, 0.3) is 0 Å². The van der Waals surface area contributed by atoms with Crippen molar-refractivity contribution in [2.75, 3.05) is 0 Å². The lowest BCUT2D eigenvalue weighted by molar-refractivity contribution is -0.0228. The molecule has 0 aliphatic heterocycles. The fraction of sp³-hybridized carbons (Fsp3) is 0.700. The van der Waals surface area contributed by atoms with Crippen LogP contribution >= 0.6 is 0 Å². The lowest BCUT2D eigenvalue weighted by Gasteiger charge is -2.22. The van der Waals surface area contributed by atoms with Crippen molar-refractivity contribution < 1.29 is 28.5 Å².